The van der Waals surface area contributed by atoms with E-state index in [4.69, 9.17) is 0 Å². The molecular weight excluding hydrogens is 326 g/mol. The summed E-state index contributed by atoms with van der Waals surface area (Å²) >= 11 is 3.62. The molecule has 2 aromatic rings. The summed E-state index contributed by atoms with van der Waals surface area (Å²) in [5.41, 5.74) is 4.80. The third-order valence-corrected chi connectivity index (χ3v) is 4.21. The first kappa shape index (κ1) is 16.0. The van der Waals surface area contributed by atoms with Crippen LogP contribution in [0.15, 0.2) is 41.0 Å². The van der Waals surface area contributed by atoms with Crippen molar-refractivity contribution >= 4 is 21.6 Å². The Morgan fingerprint density at radius 3 is 2.71 bits per heavy atom. The van der Waals surface area contributed by atoms with E-state index in [0.717, 1.165) is 29.8 Å². The zero-order valence-electron chi connectivity index (χ0n) is 12.9. The van der Waals surface area contributed by atoms with Gasteiger partial charge >= 0.3 is 0 Å². The number of pyridine rings is 1. The van der Waals surface area contributed by atoms with E-state index in [1.807, 2.05) is 19.2 Å². The number of hydrogen-bond acceptors (Lipinski definition) is 3. The number of hydrogen-bond donors (Lipinski definition) is 1. The van der Waals surface area contributed by atoms with Crippen LogP contribution in [0.25, 0.3) is 0 Å². The molecule has 0 unspecified atom stereocenters. The summed E-state index contributed by atoms with van der Waals surface area (Å²) in [5.74, 6) is 0. The highest BCUT2D eigenvalue weighted by Gasteiger charge is 2.10. The summed E-state index contributed by atoms with van der Waals surface area (Å²) in [4.78, 5) is 6.70. The van der Waals surface area contributed by atoms with Crippen molar-refractivity contribution in [2.24, 2.45) is 0 Å². The van der Waals surface area contributed by atoms with Crippen molar-refractivity contribution in [3.8, 4) is 0 Å². The molecule has 1 aromatic heterocycles. The Bertz CT molecular complexity index is 598. The van der Waals surface area contributed by atoms with E-state index in [2.05, 4.69) is 69.4 Å². The first-order chi connectivity index (χ1) is 10.1. The topological polar surface area (TPSA) is 28.2 Å². The van der Waals surface area contributed by atoms with E-state index in [1.165, 1.54) is 16.8 Å². The molecule has 0 bridgehead atoms. The molecule has 0 aliphatic rings. The molecular formula is C17H22BrN3. The number of nitrogens with one attached hydrogen (secondary N) is 1. The van der Waals surface area contributed by atoms with E-state index in [1.54, 1.807) is 0 Å². The van der Waals surface area contributed by atoms with Crippen LogP contribution in [-0.4, -0.2) is 18.6 Å². The van der Waals surface area contributed by atoms with Gasteiger partial charge in [-0.2, -0.15) is 0 Å². The highest BCUT2D eigenvalue weighted by Crippen LogP contribution is 2.24. The lowest BCUT2D eigenvalue weighted by molar-refractivity contribution is 0.719. The third-order valence-electron chi connectivity index (χ3n) is 3.44. The minimum Gasteiger partial charge on any atom is -0.370 e. The Morgan fingerprint density at radius 1 is 1.24 bits per heavy atom. The van der Waals surface area contributed by atoms with Crippen LogP contribution in [0.2, 0.25) is 0 Å². The minimum absolute atomic E-state index is 0.847. The molecule has 1 heterocycles. The van der Waals surface area contributed by atoms with Crippen LogP contribution in [0.1, 0.15) is 23.7 Å². The van der Waals surface area contributed by atoms with Crippen molar-refractivity contribution in [3.05, 3.63) is 57.8 Å². The quantitative estimate of drug-likeness (QED) is 0.858. The smallest absolute Gasteiger partial charge is 0.0445 e. The van der Waals surface area contributed by atoms with Gasteiger partial charge in [-0.3, -0.25) is 4.98 Å². The normalized spacial score (nSPS) is 10.7. The fourth-order valence-electron chi connectivity index (χ4n) is 2.29. The molecule has 0 saturated carbocycles. The van der Waals surface area contributed by atoms with Gasteiger partial charge in [-0.15, -0.1) is 0 Å². The van der Waals surface area contributed by atoms with Gasteiger partial charge in [0.05, 0.1) is 0 Å². The van der Waals surface area contributed by atoms with Gasteiger partial charge in [-0.25, -0.2) is 0 Å². The Kier molecular flexibility index (Phi) is 5.76. The molecule has 21 heavy (non-hydrogen) atoms. The lowest BCUT2D eigenvalue weighted by atomic mass is 10.1. The van der Waals surface area contributed by atoms with E-state index in [-0.39, 0.29) is 0 Å². The Balaban J connectivity index is 2.23. The molecule has 2 rings (SSSR count). The van der Waals surface area contributed by atoms with Gasteiger partial charge in [0.2, 0.25) is 0 Å². The standard InChI is InChI=1S/C17H22BrN3/c1-4-19-10-15-11-20-13(2)9-17(15)21(3)12-14-7-5-6-8-16(14)18/h5-9,11,19H,4,10,12H2,1-3H3. The van der Waals surface area contributed by atoms with Crippen molar-refractivity contribution in [1.82, 2.24) is 10.3 Å². The molecule has 4 heteroatoms. The number of aryl methyl sites for hydroxylation is 1. The summed E-state index contributed by atoms with van der Waals surface area (Å²) in [6.45, 7) is 6.82. The Labute approximate surface area is 135 Å². The van der Waals surface area contributed by atoms with Crippen molar-refractivity contribution in [1.29, 1.82) is 0 Å². The van der Waals surface area contributed by atoms with E-state index in [9.17, 15) is 0 Å². The number of aromatic nitrogens is 1. The highest BCUT2D eigenvalue weighted by atomic mass is 79.9. The van der Waals surface area contributed by atoms with Crippen LogP contribution in [0.4, 0.5) is 5.69 Å². The maximum absolute atomic E-state index is 4.42. The average Bonchev–Trinajstić information content (AvgIpc) is 2.48. The maximum atomic E-state index is 4.42. The second-order valence-electron chi connectivity index (χ2n) is 5.18. The molecule has 0 amide bonds. The van der Waals surface area contributed by atoms with Gasteiger partial charge in [-0.05, 0) is 31.2 Å². The fraction of sp³-hybridized carbons (Fsp3) is 0.353. The van der Waals surface area contributed by atoms with Crippen LogP contribution in [-0.2, 0) is 13.1 Å². The van der Waals surface area contributed by atoms with E-state index < -0.39 is 0 Å². The lowest BCUT2D eigenvalue weighted by Gasteiger charge is -2.23. The van der Waals surface area contributed by atoms with Crippen LogP contribution in [0.5, 0.6) is 0 Å². The molecule has 1 N–H and O–H groups in total. The van der Waals surface area contributed by atoms with Crippen molar-refractivity contribution < 1.29 is 0 Å². The molecule has 0 saturated heterocycles. The molecule has 0 aliphatic carbocycles. The summed E-state index contributed by atoms with van der Waals surface area (Å²) in [6.07, 6.45) is 1.98. The molecule has 3 nitrogen and oxygen atoms in total. The average molecular weight is 348 g/mol. The Morgan fingerprint density at radius 2 is 2.00 bits per heavy atom. The van der Waals surface area contributed by atoms with E-state index >= 15 is 0 Å². The van der Waals surface area contributed by atoms with Gasteiger partial charge in [0.1, 0.15) is 0 Å². The summed E-state index contributed by atoms with van der Waals surface area (Å²) < 4.78 is 1.15. The lowest BCUT2D eigenvalue weighted by Crippen LogP contribution is -2.21. The molecule has 0 aliphatic heterocycles. The van der Waals surface area contributed by atoms with Gasteiger partial charge in [0.15, 0.2) is 0 Å². The molecule has 0 atom stereocenters. The maximum Gasteiger partial charge on any atom is 0.0445 e. The van der Waals surface area contributed by atoms with Crippen molar-refractivity contribution in [2.75, 3.05) is 18.5 Å². The van der Waals surface area contributed by atoms with Crippen LogP contribution < -0.4 is 10.2 Å². The number of halogens is 1. The SMILES string of the molecule is CCNCc1cnc(C)cc1N(C)Cc1ccccc1Br. The van der Waals surface area contributed by atoms with Gasteiger partial charge < -0.3 is 10.2 Å². The molecule has 0 spiro atoms. The minimum atomic E-state index is 0.847. The molecule has 1 aromatic carbocycles. The second-order valence-corrected chi connectivity index (χ2v) is 6.04. The molecule has 0 radical (unpaired) electrons. The number of nitrogens with zero attached hydrogens (tertiary/aromatic N) is 2. The Hall–Kier alpha value is -1.39. The highest BCUT2D eigenvalue weighted by molar-refractivity contribution is 9.10. The van der Waals surface area contributed by atoms with Crippen LogP contribution >= 0.6 is 15.9 Å². The summed E-state index contributed by atoms with van der Waals surface area (Å²) in [7, 11) is 2.13. The van der Waals surface area contributed by atoms with Crippen molar-refractivity contribution in [3.63, 3.8) is 0 Å². The summed E-state index contributed by atoms with van der Waals surface area (Å²) in [6, 6.07) is 10.5. The predicted molar refractivity (Wildman–Crippen MR) is 92.6 cm³/mol. The largest absolute Gasteiger partial charge is 0.370 e. The van der Waals surface area contributed by atoms with Crippen LogP contribution in [0, 0.1) is 6.92 Å². The summed E-state index contributed by atoms with van der Waals surface area (Å²) in [5, 5.41) is 3.38. The van der Waals surface area contributed by atoms with Crippen molar-refractivity contribution in [2.45, 2.75) is 26.9 Å². The zero-order valence-corrected chi connectivity index (χ0v) is 14.4. The number of rotatable bonds is 6. The molecule has 0 fully saturated rings. The number of anilines is 1. The zero-order chi connectivity index (χ0) is 15.2. The number of benzene rings is 1. The van der Waals surface area contributed by atoms with Gasteiger partial charge in [-0.1, -0.05) is 41.1 Å². The fourth-order valence-corrected chi connectivity index (χ4v) is 2.70. The monoisotopic (exact) mass is 347 g/mol. The van der Waals surface area contributed by atoms with Gasteiger partial charge in [0, 0.05) is 47.8 Å². The van der Waals surface area contributed by atoms with Crippen LogP contribution in [0.3, 0.4) is 0 Å². The predicted octanol–water partition coefficient (Wildman–Crippen LogP) is 3.90. The van der Waals surface area contributed by atoms with E-state index in [0.29, 0.717) is 0 Å². The first-order valence-electron chi connectivity index (χ1n) is 7.22. The molecule has 112 valence electrons. The third kappa shape index (κ3) is 4.29. The van der Waals surface area contributed by atoms with Gasteiger partial charge in [0.25, 0.3) is 0 Å². The first-order valence-corrected chi connectivity index (χ1v) is 8.02. The second kappa shape index (κ2) is 7.57.